The Morgan fingerprint density at radius 2 is 2.05 bits per heavy atom. The zero-order valence-corrected chi connectivity index (χ0v) is 11.8. The summed E-state index contributed by atoms with van der Waals surface area (Å²) in [5.41, 5.74) is 2.51. The lowest BCUT2D eigenvalue weighted by atomic mass is 9.92. The Kier molecular flexibility index (Phi) is 3.45. The quantitative estimate of drug-likeness (QED) is 0.769. The molecule has 21 heavy (non-hydrogen) atoms. The Morgan fingerprint density at radius 3 is 2.71 bits per heavy atom. The fourth-order valence-electron chi connectivity index (χ4n) is 3.56. The van der Waals surface area contributed by atoms with Gasteiger partial charge in [-0.3, -0.25) is 4.79 Å². The van der Waals surface area contributed by atoms with Crippen molar-refractivity contribution in [3.63, 3.8) is 0 Å². The largest absolute Gasteiger partial charge is 0.480 e. The van der Waals surface area contributed by atoms with Gasteiger partial charge < -0.3 is 15.5 Å². The molecule has 0 saturated heterocycles. The van der Waals surface area contributed by atoms with Crippen LogP contribution < -0.4 is 5.32 Å². The standard InChI is InChI=1S/C16H19NO4/c1-8(18)14(16(20)21)17-15(19)13-11-7-6-9-4-2-3-5-10(9)12(11)13/h2-5,8,11-14,18H,6-7H2,1H3,(H,17,19)(H,20,21). The number of aliphatic hydroxyl groups is 1. The lowest BCUT2D eigenvalue weighted by Crippen LogP contribution is -2.48. The van der Waals surface area contributed by atoms with Crippen molar-refractivity contribution in [1.82, 2.24) is 5.32 Å². The van der Waals surface area contributed by atoms with Crippen molar-refractivity contribution < 1.29 is 19.8 Å². The van der Waals surface area contributed by atoms with E-state index in [9.17, 15) is 14.7 Å². The first-order chi connectivity index (χ1) is 10.0. The molecular formula is C16H19NO4. The number of amides is 1. The molecule has 5 unspecified atom stereocenters. The number of rotatable bonds is 4. The number of aryl methyl sites for hydroxylation is 1. The van der Waals surface area contributed by atoms with Crippen molar-refractivity contribution in [3.8, 4) is 0 Å². The van der Waals surface area contributed by atoms with Crippen LogP contribution in [0.4, 0.5) is 0 Å². The molecular weight excluding hydrogens is 270 g/mol. The Hall–Kier alpha value is -1.88. The summed E-state index contributed by atoms with van der Waals surface area (Å²) >= 11 is 0. The van der Waals surface area contributed by atoms with Crippen LogP contribution in [0.25, 0.3) is 0 Å². The average Bonchev–Trinajstić information content (AvgIpc) is 3.18. The van der Waals surface area contributed by atoms with Gasteiger partial charge in [0.2, 0.25) is 5.91 Å². The Balaban J connectivity index is 1.73. The molecule has 5 heteroatoms. The van der Waals surface area contributed by atoms with Gasteiger partial charge in [0.05, 0.1) is 6.10 Å². The molecule has 112 valence electrons. The van der Waals surface area contributed by atoms with Crippen LogP contribution in [0.5, 0.6) is 0 Å². The first kappa shape index (κ1) is 14.1. The van der Waals surface area contributed by atoms with Gasteiger partial charge in [-0.1, -0.05) is 24.3 Å². The summed E-state index contributed by atoms with van der Waals surface area (Å²) in [6.07, 6.45) is 0.825. The van der Waals surface area contributed by atoms with E-state index in [-0.39, 0.29) is 17.7 Å². The van der Waals surface area contributed by atoms with Crippen molar-refractivity contribution in [1.29, 1.82) is 0 Å². The fraction of sp³-hybridized carbons (Fsp3) is 0.500. The van der Waals surface area contributed by atoms with Gasteiger partial charge in [0.1, 0.15) is 0 Å². The first-order valence-electron chi connectivity index (χ1n) is 7.29. The normalized spacial score (nSPS) is 28.8. The second-order valence-corrected chi connectivity index (χ2v) is 6.02. The third-order valence-corrected chi connectivity index (χ3v) is 4.68. The summed E-state index contributed by atoms with van der Waals surface area (Å²) in [7, 11) is 0. The number of fused-ring (bicyclic) bond motifs is 3. The molecule has 0 radical (unpaired) electrons. The van der Waals surface area contributed by atoms with Crippen LogP contribution in [0.2, 0.25) is 0 Å². The molecule has 0 spiro atoms. The Labute approximate surface area is 123 Å². The van der Waals surface area contributed by atoms with Crippen LogP contribution in [0.3, 0.4) is 0 Å². The predicted molar refractivity (Wildman–Crippen MR) is 75.7 cm³/mol. The van der Waals surface area contributed by atoms with Crippen LogP contribution >= 0.6 is 0 Å². The lowest BCUT2D eigenvalue weighted by Gasteiger charge is -2.17. The zero-order chi connectivity index (χ0) is 15.1. The highest BCUT2D eigenvalue weighted by Crippen LogP contribution is 2.59. The molecule has 5 atom stereocenters. The van der Waals surface area contributed by atoms with Gasteiger partial charge in [-0.15, -0.1) is 0 Å². The molecule has 1 saturated carbocycles. The number of carboxylic acid groups (broad SMARTS) is 1. The topological polar surface area (TPSA) is 86.6 Å². The number of benzene rings is 1. The van der Waals surface area contributed by atoms with Crippen molar-refractivity contribution >= 4 is 11.9 Å². The smallest absolute Gasteiger partial charge is 0.328 e. The van der Waals surface area contributed by atoms with E-state index in [0.29, 0.717) is 5.92 Å². The summed E-state index contributed by atoms with van der Waals surface area (Å²) in [5, 5.41) is 21.0. The minimum Gasteiger partial charge on any atom is -0.480 e. The van der Waals surface area contributed by atoms with Gasteiger partial charge in [0.15, 0.2) is 6.04 Å². The third kappa shape index (κ3) is 2.42. The monoisotopic (exact) mass is 289 g/mol. The van der Waals surface area contributed by atoms with Gasteiger partial charge in [0.25, 0.3) is 0 Å². The van der Waals surface area contributed by atoms with Gasteiger partial charge in [-0.25, -0.2) is 4.79 Å². The van der Waals surface area contributed by atoms with Crippen LogP contribution in [0.1, 0.15) is 30.4 Å². The molecule has 1 amide bonds. The lowest BCUT2D eigenvalue weighted by molar-refractivity contribution is -0.145. The van der Waals surface area contributed by atoms with E-state index in [1.54, 1.807) is 0 Å². The van der Waals surface area contributed by atoms with E-state index in [0.717, 1.165) is 12.8 Å². The van der Waals surface area contributed by atoms with Gasteiger partial charge in [-0.2, -0.15) is 0 Å². The highest BCUT2D eigenvalue weighted by atomic mass is 16.4. The van der Waals surface area contributed by atoms with Crippen molar-refractivity contribution in [2.45, 2.75) is 37.8 Å². The van der Waals surface area contributed by atoms with Gasteiger partial charge in [0, 0.05) is 5.92 Å². The predicted octanol–water partition coefficient (Wildman–Crippen LogP) is 0.913. The molecule has 3 rings (SSSR count). The zero-order valence-electron chi connectivity index (χ0n) is 11.8. The number of carbonyl (C=O) groups excluding carboxylic acids is 1. The van der Waals surface area contributed by atoms with Crippen molar-refractivity contribution in [2.75, 3.05) is 0 Å². The van der Waals surface area contributed by atoms with E-state index in [2.05, 4.69) is 17.4 Å². The third-order valence-electron chi connectivity index (χ3n) is 4.68. The highest BCUT2D eigenvalue weighted by Gasteiger charge is 2.57. The number of aliphatic hydroxyl groups excluding tert-OH is 1. The van der Waals surface area contributed by atoms with Crippen LogP contribution in [-0.4, -0.2) is 34.2 Å². The second kappa shape index (κ2) is 5.15. The summed E-state index contributed by atoms with van der Waals surface area (Å²) in [5.74, 6) is -1.10. The molecule has 3 N–H and O–H groups in total. The number of nitrogens with one attached hydrogen (secondary N) is 1. The minimum atomic E-state index is -1.24. The number of carbonyl (C=O) groups is 2. The van der Waals surface area contributed by atoms with E-state index in [1.165, 1.54) is 18.1 Å². The Morgan fingerprint density at radius 1 is 1.33 bits per heavy atom. The van der Waals surface area contributed by atoms with Crippen molar-refractivity contribution in [3.05, 3.63) is 35.4 Å². The number of hydrogen-bond donors (Lipinski definition) is 3. The maximum Gasteiger partial charge on any atom is 0.328 e. The summed E-state index contributed by atoms with van der Waals surface area (Å²) in [6, 6.07) is 6.89. The van der Waals surface area contributed by atoms with Gasteiger partial charge in [-0.05, 0) is 42.7 Å². The summed E-state index contributed by atoms with van der Waals surface area (Å²) < 4.78 is 0. The molecule has 1 aromatic rings. The number of aliphatic carboxylic acids is 1. The number of hydrogen-bond acceptors (Lipinski definition) is 3. The van der Waals surface area contributed by atoms with Crippen LogP contribution in [0.15, 0.2) is 24.3 Å². The molecule has 2 aliphatic carbocycles. The van der Waals surface area contributed by atoms with Crippen LogP contribution in [0, 0.1) is 11.8 Å². The fourth-order valence-corrected chi connectivity index (χ4v) is 3.56. The van der Waals surface area contributed by atoms with Crippen LogP contribution in [-0.2, 0) is 16.0 Å². The maximum absolute atomic E-state index is 12.3. The molecule has 5 nitrogen and oxygen atoms in total. The molecule has 2 aliphatic rings. The maximum atomic E-state index is 12.3. The highest BCUT2D eigenvalue weighted by molar-refractivity contribution is 5.88. The number of carboxylic acids is 1. The van der Waals surface area contributed by atoms with E-state index in [4.69, 9.17) is 5.11 Å². The first-order valence-corrected chi connectivity index (χ1v) is 7.29. The molecule has 1 fully saturated rings. The summed E-state index contributed by atoms with van der Waals surface area (Å²) in [4.78, 5) is 23.4. The Bertz CT molecular complexity index is 583. The molecule has 0 heterocycles. The van der Waals surface area contributed by atoms with Crippen molar-refractivity contribution in [2.24, 2.45) is 11.8 Å². The molecule has 0 aromatic heterocycles. The van der Waals surface area contributed by atoms with E-state index >= 15 is 0 Å². The summed E-state index contributed by atoms with van der Waals surface area (Å²) in [6.45, 7) is 1.37. The van der Waals surface area contributed by atoms with E-state index < -0.39 is 18.1 Å². The molecule has 0 aliphatic heterocycles. The molecule has 1 aromatic carbocycles. The van der Waals surface area contributed by atoms with Gasteiger partial charge >= 0.3 is 5.97 Å². The average molecular weight is 289 g/mol. The molecule has 0 bridgehead atoms. The minimum absolute atomic E-state index is 0.158. The van der Waals surface area contributed by atoms with E-state index in [1.807, 2.05) is 12.1 Å². The SMILES string of the molecule is CC(O)C(NC(=O)C1C2CCc3ccccc3C21)C(=O)O. The second-order valence-electron chi connectivity index (χ2n) is 6.02.